The van der Waals surface area contributed by atoms with Crippen molar-refractivity contribution in [2.24, 2.45) is 0 Å². The summed E-state index contributed by atoms with van der Waals surface area (Å²) < 4.78 is 22.7. The Hall–Kier alpha value is -1.11. The third kappa shape index (κ3) is 6.97. The minimum atomic E-state index is -3.94. The predicted molar refractivity (Wildman–Crippen MR) is 114 cm³/mol. The molecule has 3 rings (SSSR count). The lowest BCUT2D eigenvalue weighted by Gasteiger charge is -2.33. The van der Waals surface area contributed by atoms with Gasteiger partial charge in [-0.2, -0.15) is 0 Å². The Balaban J connectivity index is 1.53. The molecule has 0 aliphatic carbocycles. The molecular weight excluding hydrogens is 436 g/mol. The van der Waals surface area contributed by atoms with Gasteiger partial charge in [0.2, 0.25) is 0 Å². The van der Waals surface area contributed by atoms with Crippen LogP contribution in [0.4, 0.5) is 0 Å². The molecule has 0 aromatic heterocycles. The molecule has 158 valence electrons. The highest BCUT2D eigenvalue weighted by Gasteiger charge is 2.22. The quantitative estimate of drug-likeness (QED) is 0.565. The average molecular weight is 460 g/mol. The van der Waals surface area contributed by atoms with Crippen LogP contribution in [0.5, 0.6) is 5.75 Å². The number of hydrogen-bond acceptors (Lipinski definition) is 4. The summed E-state index contributed by atoms with van der Waals surface area (Å²) in [6.45, 7) is 2.97. The van der Waals surface area contributed by atoms with E-state index in [2.05, 4.69) is 4.90 Å². The number of morpholine rings is 1. The van der Waals surface area contributed by atoms with Crippen LogP contribution in [-0.4, -0.2) is 47.1 Å². The van der Waals surface area contributed by atoms with Crippen LogP contribution in [0.1, 0.15) is 23.7 Å². The van der Waals surface area contributed by atoms with Crippen molar-refractivity contribution in [1.82, 2.24) is 4.90 Å². The Morgan fingerprint density at radius 3 is 2.48 bits per heavy atom. The lowest BCUT2D eigenvalue weighted by molar-refractivity contribution is -0.0298. The van der Waals surface area contributed by atoms with Crippen molar-refractivity contribution in [2.75, 3.05) is 32.4 Å². The summed E-state index contributed by atoms with van der Waals surface area (Å²) in [6.07, 6.45) is 0.302. The monoisotopic (exact) mass is 459 g/mol. The molecule has 0 radical (unpaired) electrons. The van der Waals surface area contributed by atoms with Gasteiger partial charge >= 0.3 is 7.60 Å². The van der Waals surface area contributed by atoms with E-state index in [1.54, 1.807) is 18.2 Å². The number of ether oxygens (including phenoxy) is 2. The van der Waals surface area contributed by atoms with Crippen LogP contribution in [0.25, 0.3) is 0 Å². The molecule has 0 saturated carbocycles. The Labute approximate surface area is 180 Å². The first kappa shape index (κ1) is 22.6. The van der Waals surface area contributed by atoms with Crippen LogP contribution in [0.15, 0.2) is 42.5 Å². The summed E-state index contributed by atoms with van der Waals surface area (Å²) in [5.74, 6) is 0.707. The predicted octanol–water partition coefficient (Wildman–Crippen LogP) is 4.51. The van der Waals surface area contributed by atoms with Crippen molar-refractivity contribution in [2.45, 2.75) is 19.1 Å². The zero-order valence-electron chi connectivity index (χ0n) is 15.8. The first-order chi connectivity index (χ1) is 13.8. The van der Waals surface area contributed by atoms with E-state index in [1.807, 2.05) is 24.3 Å². The summed E-state index contributed by atoms with van der Waals surface area (Å²) in [6, 6.07) is 13.1. The van der Waals surface area contributed by atoms with Gasteiger partial charge in [0.25, 0.3) is 0 Å². The third-order valence-electron chi connectivity index (χ3n) is 4.77. The maximum Gasteiger partial charge on any atom is 0.325 e. The standard InChI is InChI=1S/C20H24Cl2NO5P/c21-18-3-1-4-19(22)17(18)14-28-16-7-5-15(6-8-16)20-13-23(10-11-27-20)9-2-12-29(24,25)26/h1,3-8,20H,2,9-14H2,(H2,24,25,26). The summed E-state index contributed by atoms with van der Waals surface area (Å²) in [7, 11) is -3.94. The highest BCUT2D eigenvalue weighted by molar-refractivity contribution is 7.51. The van der Waals surface area contributed by atoms with Gasteiger partial charge in [-0.15, -0.1) is 0 Å². The van der Waals surface area contributed by atoms with Gasteiger partial charge in [0.15, 0.2) is 0 Å². The molecule has 1 atom stereocenters. The van der Waals surface area contributed by atoms with Crippen LogP contribution in [0.3, 0.4) is 0 Å². The SMILES string of the molecule is O=P(O)(O)CCCN1CCOC(c2ccc(OCc3c(Cl)cccc3Cl)cc2)C1. The van der Waals surface area contributed by atoms with E-state index in [9.17, 15) is 4.57 Å². The topological polar surface area (TPSA) is 79.2 Å². The van der Waals surface area contributed by atoms with Crippen LogP contribution in [-0.2, 0) is 15.9 Å². The summed E-state index contributed by atoms with van der Waals surface area (Å²) in [5, 5.41) is 1.15. The van der Waals surface area contributed by atoms with Crippen LogP contribution in [0.2, 0.25) is 10.0 Å². The molecule has 2 aromatic carbocycles. The molecule has 0 spiro atoms. The van der Waals surface area contributed by atoms with Crippen molar-refractivity contribution < 1.29 is 23.8 Å². The molecule has 1 fully saturated rings. The van der Waals surface area contributed by atoms with E-state index >= 15 is 0 Å². The van der Waals surface area contributed by atoms with Gasteiger partial charge in [-0.1, -0.05) is 41.4 Å². The van der Waals surface area contributed by atoms with E-state index in [0.29, 0.717) is 41.9 Å². The normalized spacial score (nSPS) is 18.0. The fourth-order valence-corrected chi connectivity index (χ4v) is 4.27. The Morgan fingerprint density at radius 1 is 1.14 bits per heavy atom. The van der Waals surface area contributed by atoms with Crippen LogP contribution >= 0.6 is 30.8 Å². The average Bonchev–Trinajstić information content (AvgIpc) is 2.67. The largest absolute Gasteiger partial charge is 0.489 e. The highest BCUT2D eigenvalue weighted by atomic mass is 35.5. The molecular formula is C20H24Cl2NO5P. The van der Waals surface area contributed by atoms with Gasteiger partial charge in [0.05, 0.1) is 18.9 Å². The molecule has 9 heteroatoms. The third-order valence-corrected chi connectivity index (χ3v) is 6.38. The summed E-state index contributed by atoms with van der Waals surface area (Å²) in [4.78, 5) is 20.2. The molecule has 2 aromatic rings. The van der Waals surface area contributed by atoms with Gasteiger partial charge < -0.3 is 19.3 Å². The molecule has 1 aliphatic heterocycles. The zero-order chi connectivity index (χ0) is 20.9. The Morgan fingerprint density at radius 2 is 1.83 bits per heavy atom. The molecule has 29 heavy (non-hydrogen) atoms. The van der Waals surface area contributed by atoms with Gasteiger partial charge in [-0.05, 0) is 42.8 Å². The molecule has 1 unspecified atom stereocenters. The van der Waals surface area contributed by atoms with Gasteiger partial charge in [-0.25, -0.2) is 0 Å². The van der Waals surface area contributed by atoms with E-state index < -0.39 is 7.60 Å². The second kappa shape index (κ2) is 10.3. The molecule has 0 bridgehead atoms. The van der Waals surface area contributed by atoms with E-state index in [-0.39, 0.29) is 18.9 Å². The molecule has 1 heterocycles. The number of hydrogen-bond donors (Lipinski definition) is 2. The van der Waals surface area contributed by atoms with Crippen molar-refractivity contribution in [1.29, 1.82) is 0 Å². The molecule has 6 nitrogen and oxygen atoms in total. The first-order valence-electron chi connectivity index (χ1n) is 9.36. The van der Waals surface area contributed by atoms with Crippen molar-refractivity contribution in [3.05, 3.63) is 63.6 Å². The van der Waals surface area contributed by atoms with Gasteiger partial charge in [0.1, 0.15) is 12.4 Å². The van der Waals surface area contributed by atoms with Crippen molar-refractivity contribution in [3.63, 3.8) is 0 Å². The summed E-state index contributed by atoms with van der Waals surface area (Å²) in [5.41, 5.74) is 1.79. The van der Waals surface area contributed by atoms with E-state index in [0.717, 1.165) is 17.7 Å². The lowest BCUT2D eigenvalue weighted by atomic mass is 10.1. The van der Waals surface area contributed by atoms with Crippen LogP contribution < -0.4 is 4.74 Å². The second-order valence-electron chi connectivity index (χ2n) is 6.96. The minimum absolute atomic E-state index is 0.0779. The maximum atomic E-state index is 11.0. The van der Waals surface area contributed by atoms with Gasteiger partial charge in [-0.3, -0.25) is 9.46 Å². The molecule has 1 saturated heterocycles. The molecule has 0 amide bonds. The van der Waals surface area contributed by atoms with Crippen LogP contribution in [0, 0.1) is 0 Å². The van der Waals surface area contributed by atoms with Crippen molar-refractivity contribution in [3.8, 4) is 5.75 Å². The number of rotatable bonds is 8. The Bertz CT molecular complexity index is 838. The van der Waals surface area contributed by atoms with Crippen molar-refractivity contribution >= 4 is 30.8 Å². The summed E-state index contributed by atoms with van der Waals surface area (Å²) >= 11 is 12.3. The fourth-order valence-electron chi connectivity index (χ4n) is 3.21. The fraction of sp³-hybridized carbons (Fsp3) is 0.400. The number of nitrogens with zero attached hydrogens (tertiary/aromatic N) is 1. The molecule has 1 aliphatic rings. The lowest BCUT2D eigenvalue weighted by Crippen LogP contribution is -2.39. The van der Waals surface area contributed by atoms with E-state index in [4.69, 9.17) is 42.5 Å². The number of benzene rings is 2. The smallest absolute Gasteiger partial charge is 0.325 e. The number of halogens is 2. The second-order valence-corrected chi connectivity index (χ2v) is 9.55. The van der Waals surface area contributed by atoms with Gasteiger partial charge in [0, 0.05) is 28.7 Å². The molecule has 2 N–H and O–H groups in total. The van der Waals surface area contributed by atoms with E-state index in [1.165, 1.54) is 0 Å². The highest BCUT2D eigenvalue weighted by Crippen LogP contribution is 2.35. The first-order valence-corrected chi connectivity index (χ1v) is 11.9. The maximum absolute atomic E-state index is 11.0. The minimum Gasteiger partial charge on any atom is -0.489 e. The Kier molecular flexibility index (Phi) is 7.99. The zero-order valence-corrected chi connectivity index (χ0v) is 18.2.